The number of aromatic nitrogens is 2. The molecule has 2 heterocycles. The van der Waals surface area contributed by atoms with Gasteiger partial charge in [0.05, 0.1) is 5.69 Å². The van der Waals surface area contributed by atoms with Gasteiger partial charge in [0, 0.05) is 34.9 Å². The topological polar surface area (TPSA) is 72.4 Å². The second-order valence-electron chi connectivity index (χ2n) is 6.41. The molecule has 2 aromatic rings. The van der Waals surface area contributed by atoms with Crippen molar-refractivity contribution in [1.29, 1.82) is 0 Å². The van der Waals surface area contributed by atoms with Gasteiger partial charge < -0.3 is 11.1 Å². The van der Waals surface area contributed by atoms with E-state index < -0.39 is 0 Å². The lowest BCUT2D eigenvalue weighted by molar-refractivity contribution is 0.0934. The number of allylic oxidation sites excluding steroid dienone is 2. The van der Waals surface area contributed by atoms with E-state index in [1.165, 1.54) is 0 Å². The maximum absolute atomic E-state index is 12.8. The Bertz CT molecular complexity index is 852. The van der Waals surface area contributed by atoms with Crippen LogP contribution in [0.4, 0.5) is 0 Å². The van der Waals surface area contributed by atoms with E-state index in [0.717, 1.165) is 17.8 Å². The highest BCUT2D eigenvalue weighted by molar-refractivity contribution is 6.30. The second kappa shape index (κ2) is 6.32. The number of amides is 1. The maximum atomic E-state index is 12.8. The average molecular weight is 345 g/mol. The molecule has 2 aromatic heterocycles. The van der Waals surface area contributed by atoms with Gasteiger partial charge in [0.1, 0.15) is 11.3 Å². The zero-order chi connectivity index (χ0) is 17.3. The summed E-state index contributed by atoms with van der Waals surface area (Å²) in [6.45, 7) is 4.62. The van der Waals surface area contributed by atoms with Gasteiger partial charge >= 0.3 is 0 Å². The van der Waals surface area contributed by atoms with Crippen LogP contribution in [-0.4, -0.2) is 21.8 Å². The summed E-state index contributed by atoms with van der Waals surface area (Å²) in [7, 11) is 0. The van der Waals surface area contributed by atoms with E-state index >= 15 is 0 Å². The van der Waals surface area contributed by atoms with Gasteiger partial charge in [0.2, 0.25) is 0 Å². The summed E-state index contributed by atoms with van der Waals surface area (Å²) in [6.07, 6.45) is 9.20. The normalized spacial score (nSPS) is 20.2. The standard InChI is InChI=1S/C18H21ClN4O/c1-3-14-16(23-9-6-12(19)10-15(23)22-14)17(24)21-11-18(2)7-4-13(20)5-8-18/h4-7,9-10H,3,8,11,20H2,1-2H3,(H,21,24). The Morgan fingerprint density at radius 3 is 3.00 bits per heavy atom. The summed E-state index contributed by atoms with van der Waals surface area (Å²) in [6, 6.07) is 3.52. The van der Waals surface area contributed by atoms with Crippen LogP contribution in [0.3, 0.4) is 0 Å². The number of nitrogens with one attached hydrogen (secondary N) is 1. The van der Waals surface area contributed by atoms with Crippen molar-refractivity contribution in [2.75, 3.05) is 6.54 Å². The molecule has 1 amide bonds. The van der Waals surface area contributed by atoms with E-state index in [4.69, 9.17) is 17.3 Å². The molecule has 0 radical (unpaired) electrons. The van der Waals surface area contributed by atoms with Crippen molar-refractivity contribution in [1.82, 2.24) is 14.7 Å². The lowest BCUT2D eigenvalue weighted by atomic mass is 9.83. The van der Waals surface area contributed by atoms with Crippen molar-refractivity contribution in [3.63, 3.8) is 0 Å². The summed E-state index contributed by atoms with van der Waals surface area (Å²) in [5, 5.41) is 3.64. The molecule has 1 atom stereocenters. The molecule has 1 aliphatic carbocycles. The van der Waals surface area contributed by atoms with Gasteiger partial charge in [-0.2, -0.15) is 0 Å². The number of hydrogen-bond donors (Lipinski definition) is 2. The molecule has 0 saturated heterocycles. The molecule has 24 heavy (non-hydrogen) atoms. The van der Waals surface area contributed by atoms with Crippen LogP contribution < -0.4 is 11.1 Å². The number of rotatable bonds is 4. The number of fused-ring (bicyclic) bond motifs is 1. The Morgan fingerprint density at radius 1 is 1.54 bits per heavy atom. The SMILES string of the molecule is CCc1nc2cc(Cl)ccn2c1C(=O)NCC1(C)C=CC(N)=CC1. The van der Waals surface area contributed by atoms with Crippen molar-refractivity contribution in [3.05, 3.63) is 58.7 Å². The molecule has 0 spiro atoms. The molecule has 0 saturated carbocycles. The molecular weight excluding hydrogens is 324 g/mol. The quantitative estimate of drug-likeness (QED) is 0.895. The van der Waals surface area contributed by atoms with Crippen LogP contribution >= 0.6 is 11.6 Å². The van der Waals surface area contributed by atoms with Crippen molar-refractivity contribution in [3.8, 4) is 0 Å². The Kier molecular flexibility index (Phi) is 4.37. The van der Waals surface area contributed by atoms with Gasteiger partial charge in [-0.1, -0.05) is 37.6 Å². The van der Waals surface area contributed by atoms with Gasteiger partial charge in [-0.25, -0.2) is 4.98 Å². The molecule has 3 N–H and O–H groups in total. The predicted octanol–water partition coefficient (Wildman–Crippen LogP) is 3.09. The Labute approximate surface area is 146 Å². The third-order valence-corrected chi connectivity index (χ3v) is 4.58. The van der Waals surface area contributed by atoms with Gasteiger partial charge in [-0.05, 0) is 25.0 Å². The third-order valence-electron chi connectivity index (χ3n) is 4.35. The molecule has 1 unspecified atom stereocenters. The zero-order valence-electron chi connectivity index (χ0n) is 13.8. The van der Waals surface area contributed by atoms with Crippen LogP contribution in [0.15, 0.2) is 42.3 Å². The number of pyridine rings is 1. The van der Waals surface area contributed by atoms with Crippen LogP contribution in [-0.2, 0) is 6.42 Å². The van der Waals surface area contributed by atoms with E-state index in [2.05, 4.69) is 23.3 Å². The minimum Gasteiger partial charge on any atom is -0.399 e. The molecule has 0 fully saturated rings. The number of hydrogen-bond acceptors (Lipinski definition) is 3. The number of carbonyl (C=O) groups is 1. The molecule has 3 rings (SSSR count). The molecule has 1 aliphatic rings. The summed E-state index contributed by atoms with van der Waals surface area (Å²) in [5.41, 5.74) is 8.43. The van der Waals surface area contributed by atoms with Crippen molar-refractivity contribution >= 4 is 23.2 Å². The number of aryl methyl sites for hydroxylation is 1. The highest BCUT2D eigenvalue weighted by atomic mass is 35.5. The van der Waals surface area contributed by atoms with Crippen LogP contribution in [0, 0.1) is 5.41 Å². The summed E-state index contributed by atoms with van der Waals surface area (Å²) < 4.78 is 1.79. The Hall–Kier alpha value is -2.27. The highest BCUT2D eigenvalue weighted by Gasteiger charge is 2.25. The highest BCUT2D eigenvalue weighted by Crippen LogP contribution is 2.27. The van der Waals surface area contributed by atoms with Gasteiger partial charge in [-0.15, -0.1) is 0 Å². The summed E-state index contributed by atoms with van der Waals surface area (Å²) in [5.74, 6) is -0.126. The van der Waals surface area contributed by atoms with Crippen LogP contribution in [0.25, 0.3) is 5.65 Å². The lowest BCUT2D eigenvalue weighted by Crippen LogP contribution is -2.36. The largest absolute Gasteiger partial charge is 0.399 e. The monoisotopic (exact) mass is 344 g/mol. The van der Waals surface area contributed by atoms with E-state index in [0.29, 0.717) is 29.3 Å². The zero-order valence-corrected chi connectivity index (χ0v) is 14.6. The fourth-order valence-electron chi connectivity index (χ4n) is 2.84. The van der Waals surface area contributed by atoms with E-state index in [1.807, 2.05) is 19.1 Å². The first-order valence-electron chi connectivity index (χ1n) is 8.01. The Balaban J connectivity index is 1.83. The van der Waals surface area contributed by atoms with Crippen molar-refractivity contribution in [2.24, 2.45) is 11.1 Å². The van der Waals surface area contributed by atoms with Crippen LogP contribution in [0.5, 0.6) is 0 Å². The first-order chi connectivity index (χ1) is 11.4. The van der Waals surface area contributed by atoms with Gasteiger partial charge in [0.15, 0.2) is 0 Å². The second-order valence-corrected chi connectivity index (χ2v) is 6.85. The smallest absolute Gasteiger partial charge is 0.270 e. The summed E-state index contributed by atoms with van der Waals surface area (Å²) in [4.78, 5) is 17.3. The minimum atomic E-state index is -0.130. The fraction of sp³-hybridized carbons (Fsp3) is 0.333. The third kappa shape index (κ3) is 3.17. The first kappa shape index (κ1) is 16.6. The Morgan fingerprint density at radius 2 is 2.33 bits per heavy atom. The van der Waals surface area contributed by atoms with Crippen LogP contribution in [0.1, 0.15) is 36.5 Å². The lowest BCUT2D eigenvalue weighted by Gasteiger charge is -2.27. The van der Waals surface area contributed by atoms with E-state index in [-0.39, 0.29) is 11.3 Å². The predicted molar refractivity (Wildman–Crippen MR) is 96.0 cm³/mol. The summed E-state index contributed by atoms with van der Waals surface area (Å²) >= 11 is 6.02. The van der Waals surface area contributed by atoms with E-state index in [1.54, 1.807) is 22.7 Å². The molecule has 0 bridgehead atoms. The average Bonchev–Trinajstić information content (AvgIpc) is 2.93. The fourth-order valence-corrected chi connectivity index (χ4v) is 2.99. The first-order valence-corrected chi connectivity index (χ1v) is 8.39. The maximum Gasteiger partial charge on any atom is 0.270 e. The molecule has 0 aliphatic heterocycles. The van der Waals surface area contributed by atoms with E-state index in [9.17, 15) is 4.79 Å². The molecule has 126 valence electrons. The van der Waals surface area contributed by atoms with Gasteiger partial charge in [0.25, 0.3) is 5.91 Å². The number of halogens is 1. The number of imidazole rings is 1. The molecular formula is C18H21ClN4O. The molecule has 0 aromatic carbocycles. The molecule has 5 nitrogen and oxygen atoms in total. The minimum absolute atomic E-state index is 0.126. The van der Waals surface area contributed by atoms with Crippen molar-refractivity contribution < 1.29 is 4.79 Å². The van der Waals surface area contributed by atoms with Gasteiger partial charge in [-0.3, -0.25) is 9.20 Å². The van der Waals surface area contributed by atoms with Crippen molar-refractivity contribution in [2.45, 2.75) is 26.7 Å². The number of carbonyl (C=O) groups excluding carboxylic acids is 1. The number of nitrogens with two attached hydrogens (primary N) is 1. The molecule has 6 heteroatoms. The number of nitrogens with zero attached hydrogens (tertiary/aromatic N) is 2. The van der Waals surface area contributed by atoms with Crippen LogP contribution in [0.2, 0.25) is 5.02 Å².